The highest BCUT2D eigenvalue weighted by molar-refractivity contribution is 7.39. The SMILES string of the molecule is [O-]P(OC(F)(F)F)OC(F)(F)F. The standard InChI is InChI=1S/C2F6O3P/c3-1(4,5)10-12(9)11-2(6,7)8/q-1. The zero-order valence-electron chi connectivity index (χ0n) is 4.94. The van der Waals surface area contributed by atoms with Gasteiger partial charge < -0.3 is 4.89 Å². The summed E-state index contributed by atoms with van der Waals surface area (Å²) >= 11 is 0. The molecular weight excluding hydrogens is 217 g/mol. The molecule has 0 radical (unpaired) electrons. The van der Waals surface area contributed by atoms with Crippen molar-refractivity contribution in [1.29, 1.82) is 0 Å². The van der Waals surface area contributed by atoms with Gasteiger partial charge in [0.05, 0.1) is 0 Å². The zero-order valence-corrected chi connectivity index (χ0v) is 5.83. The van der Waals surface area contributed by atoms with E-state index in [1.54, 1.807) is 0 Å². The van der Waals surface area contributed by atoms with Crippen molar-refractivity contribution in [2.45, 2.75) is 12.7 Å². The molecule has 0 aromatic carbocycles. The van der Waals surface area contributed by atoms with Crippen LogP contribution in [0, 0.1) is 0 Å². The molecule has 0 heterocycles. The first-order chi connectivity index (χ1) is 5.10. The third-order valence-electron chi connectivity index (χ3n) is 0.356. The van der Waals surface area contributed by atoms with Crippen LogP contribution in [0.15, 0.2) is 0 Å². The van der Waals surface area contributed by atoms with E-state index in [1.165, 1.54) is 0 Å². The first-order valence-electron chi connectivity index (χ1n) is 2.09. The summed E-state index contributed by atoms with van der Waals surface area (Å²) in [6.07, 6.45) is -10.8. The lowest BCUT2D eigenvalue weighted by Crippen LogP contribution is -2.20. The fourth-order valence-electron chi connectivity index (χ4n) is 0.188. The summed E-state index contributed by atoms with van der Waals surface area (Å²) in [5.74, 6) is 0. The first kappa shape index (κ1) is 11.9. The third kappa shape index (κ3) is 7.99. The van der Waals surface area contributed by atoms with Gasteiger partial charge in [-0.25, -0.2) is 0 Å². The first-order valence-corrected chi connectivity index (χ1v) is 3.19. The van der Waals surface area contributed by atoms with E-state index in [4.69, 9.17) is 0 Å². The Kier molecular flexibility index (Phi) is 3.70. The van der Waals surface area contributed by atoms with Gasteiger partial charge in [-0.1, -0.05) is 0 Å². The lowest BCUT2D eigenvalue weighted by molar-refractivity contribution is -0.345. The molecule has 0 saturated heterocycles. The van der Waals surface area contributed by atoms with Gasteiger partial charge in [-0.2, -0.15) is 0 Å². The minimum Gasteiger partial charge on any atom is -0.785 e. The topological polar surface area (TPSA) is 41.5 Å². The van der Waals surface area contributed by atoms with E-state index < -0.39 is 21.3 Å². The molecule has 0 fully saturated rings. The van der Waals surface area contributed by atoms with Gasteiger partial charge in [-0.3, -0.25) is 9.05 Å². The van der Waals surface area contributed by atoms with Crippen LogP contribution in [0.2, 0.25) is 0 Å². The summed E-state index contributed by atoms with van der Waals surface area (Å²) < 4.78 is 70.9. The highest BCUT2D eigenvalue weighted by atomic mass is 31.2. The van der Waals surface area contributed by atoms with E-state index >= 15 is 0 Å². The maximum Gasteiger partial charge on any atom is 0.526 e. The van der Waals surface area contributed by atoms with Crippen LogP contribution < -0.4 is 4.89 Å². The molecule has 0 amide bonds. The predicted octanol–water partition coefficient (Wildman–Crippen LogP) is 1.65. The minimum atomic E-state index is -5.42. The number of hydrogen-bond donors (Lipinski definition) is 0. The van der Waals surface area contributed by atoms with Gasteiger partial charge in [0, 0.05) is 0 Å². The van der Waals surface area contributed by atoms with Crippen molar-refractivity contribution in [2.24, 2.45) is 0 Å². The molecule has 0 aliphatic carbocycles. The van der Waals surface area contributed by atoms with E-state index in [-0.39, 0.29) is 0 Å². The van der Waals surface area contributed by atoms with Crippen LogP contribution in [0.1, 0.15) is 0 Å². The molecule has 0 aromatic rings. The van der Waals surface area contributed by atoms with Crippen molar-refractivity contribution in [3.8, 4) is 0 Å². The highest BCUT2D eigenvalue weighted by Gasteiger charge is 2.37. The highest BCUT2D eigenvalue weighted by Crippen LogP contribution is 2.42. The number of rotatable bonds is 2. The summed E-state index contributed by atoms with van der Waals surface area (Å²) in [6, 6.07) is 0. The largest absolute Gasteiger partial charge is 0.785 e. The maximum atomic E-state index is 11.0. The lowest BCUT2D eigenvalue weighted by atomic mass is 11.4. The van der Waals surface area contributed by atoms with Crippen LogP contribution in [-0.2, 0) is 9.05 Å². The van der Waals surface area contributed by atoms with E-state index in [2.05, 4.69) is 9.05 Å². The second-order valence-electron chi connectivity index (χ2n) is 1.30. The number of halogens is 6. The molecule has 12 heavy (non-hydrogen) atoms. The van der Waals surface area contributed by atoms with Gasteiger partial charge in [0.2, 0.25) is 0 Å². The average molecular weight is 217 g/mol. The van der Waals surface area contributed by atoms with Crippen molar-refractivity contribution in [3.05, 3.63) is 0 Å². The summed E-state index contributed by atoms with van der Waals surface area (Å²) in [7, 11) is -4.26. The number of alkyl halides is 6. The molecule has 3 nitrogen and oxygen atoms in total. The Bertz CT molecular complexity index is 125. The van der Waals surface area contributed by atoms with Crippen LogP contribution in [0.5, 0.6) is 0 Å². The maximum absolute atomic E-state index is 11.0. The fourth-order valence-corrected chi connectivity index (χ4v) is 0.563. The normalized spacial score (nSPS) is 14.0. The Morgan fingerprint density at radius 1 is 0.833 bits per heavy atom. The second kappa shape index (κ2) is 3.73. The van der Waals surface area contributed by atoms with Crippen molar-refractivity contribution >= 4 is 8.60 Å². The van der Waals surface area contributed by atoms with E-state index in [9.17, 15) is 31.2 Å². The Morgan fingerprint density at radius 2 is 1.08 bits per heavy atom. The fraction of sp³-hybridized carbons (Fsp3) is 1.00. The molecule has 0 spiro atoms. The van der Waals surface area contributed by atoms with Crippen molar-refractivity contribution < 1.29 is 40.3 Å². The molecule has 74 valence electrons. The number of hydrogen-bond acceptors (Lipinski definition) is 3. The van der Waals surface area contributed by atoms with Gasteiger partial charge in [-0.15, -0.1) is 26.3 Å². The Labute approximate surface area is 62.9 Å². The van der Waals surface area contributed by atoms with Crippen molar-refractivity contribution in [1.82, 2.24) is 0 Å². The molecule has 10 heteroatoms. The molecule has 0 aromatic heterocycles. The Hall–Kier alpha value is -0.110. The summed E-state index contributed by atoms with van der Waals surface area (Å²) in [4.78, 5) is 9.74. The van der Waals surface area contributed by atoms with Crippen LogP contribution in [0.25, 0.3) is 0 Å². The van der Waals surface area contributed by atoms with Gasteiger partial charge in [0.25, 0.3) is 0 Å². The molecule has 0 rings (SSSR count). The second-order valence-corrected chi connectivity index (χ2v) is 2.11. The third-order valence-corrected chi connectivity index (χ3v) is 1.07. The van der Waals surface area contributed by atoms with Crippen molar-refractivity contribution in [2.75, 3.05) is 0 Å². The molecule has 0 N–H and O–H groups in total. The Balaban J connectivity index is 3.83. The van der Waals surface area contributed by atoms with Gasteiger partial charge >= 0.3 is 12.7 Å². The van der Waals surface area contributed by atoms with Crippen LogP contribution >= 0.6 is 8.60 Å². The summed E-state index contributed by atoms with van der Waals surface area (Å²) in [5.41, 5.74) is 0. The van der Waals surface area contributed by atoms with Crippen LogP contribution in [0.3, 0.4) is 0 Å². The zero-order chi connectivity index (χ0) is 9.99. The summed E-state index contributed by atoms with van der Waals surface area (Å²) in [6.45, 7) is 0. The van der Waals surface area contributed by atoms with Crippen LogP contribution in [-0.4, -0.2) is 12.7 Å². The monoisotopic (exact) mass is 217 g/mol. The smallest absolute Gasteiger partial charge is 0.526 e. The van der Waals surface area contributed by atoms with Gasteiger partial charge in [-0.05, 0) is 0 Å². The average Bonchev–Trinajstić information content (AvgIpc) is 1.49. The van der Waals surface area contributed by atoms with Gasteiger partial charge in [0.1, 0.15) is 8.60 Å². The minimum absolute atomic E-state index is 2.38. The quantitative estimate of drug-likeness (QED) is 0.521. The van der Waals surface area contributed by atoms with E-state index in [0.29, 0.717) is 0 Å². The Morgan fingerprint density at radius 3 is 1.25 bits per heavy atom. The molecule has 0 unspecified atom stereocenters. The molecular formula is C2F6O3P-. The predicted molar refractivity (Wildman–Crippen MR) is 21.2 cm³/mol. The van der Waals surface area contributed by atoms with E-state index in [0.717, 1.165) is 0 Å². The molecule has 0 saturated carbocycles. The van der Waals surface area contributed by atoms with E-state index in [1.807, 2.05) is 0 Å². The molecule has 0 aliphatic rings. The van der Waals surface area contributed by atoms with Gasteiger partial charge in [0.15, 0.2) is 0 Å². The van der Waals surface area contributed by atoms with Crippen molar-refractivity contribution in [3.63, 3.8) is 0 Å². The lowest BCUT2D eigenvalue weighted by Gasteiger charge is -2.23. The molecule has 0 atom stereocenters. The van der Waals surface area contributed by atoms with Crippen LogP contribution in [0.4, 0.5) is 26.3 Å². The molecule has 0 aliphatic heterocycles. The summed E-state index contributed by atoms with van der Waals surface area (Å²) in [5, 5.41) is 0. The molecule has 0 bridgehead atoms.